The minimum absolute atomic E-state index is 0. The highest BCUT2D eigenvalue weighted by Gasteiger charge is 2.25. The summed E-state index contributed by atoms with van der Waals surface area (Å²) >= 11 is 0. The van der Waals surface area contributed by atoms with Gasteiger partial charge in [-0.1, -0.05) is 31.4 Å². The van der Waals surface area contributed by atoms with Gasteiger partial charge in [-0.05, 0) is 43.3 Å². The molecule has 7 N–H and O–H groups in total. The lowest BCUT2D eigenvalue weighted by Crippen LogP contribution is -2.51. The van der Waals surface area contributed by atoms with Gasteiger partial charge >= 0.3 is 0 Å². The Labute approximate surface area is 180 Å². The molecule has 0 heterocycles. The van der Waals surface area contributed by atoms with Crippen LogP contribution in [0.3, 0.4) is 0 Å². The predicted molar refractivity (Wildman–Crippen MR) is 116 cm³/mol. The van der Waals surface area contributed by atoms with Crippen molar-refractivity contribution in [1.29, 1.82) is 0 Å². The zero-order valence-electron chi connectivity index (χ0n) is 16.2. The van der Waals surface area contributed by atoms with Crippen molar-refractivity contribution in [2.75, 3.05) is 11.9 Å². The topological polar surface area (TPSA) is 154 Å². The van der Waals surface area contributed by atoms with E-state index in [1.165, 1.54) is 24.5 Å². The van der Waals surface area contributed by atoms with Gasteiger partial charge < -0.3 is 21.5 Å². The maximum Gasteiger partial charge on any atom is 0.268 e. The number of amides is 3. The van der Waals surface area contributed by atoms with E-state index in [1.54, 1.807) is 36.4 Å². The number of hydrogen-bond donors (Lipinski definition) is 6. The molecule has 0 saturated carbocycles. The summed E-state index contributed by atoms with van der Waals surface area (Å²) in [5.41, 5.74) is 8.73. The van der Waals surface area contributed by atoms with Gasteiger partial charge in [-0.2, -0.15) is 0 Å². The highest BCUT2D eigenvalue weighted by atomic mass is 16.5. The number of nitrogens with one attached hydrogen (secondary N) is 3. The van der Waals surface area contributed by atoms with Crippen LogP contribution in [0.1, 0.15) is 35.8 Å². The van der Waals surface area contributed by atoms with Gasteiger partial charge in [0.25, 0.3) is 11.8 Å². The van der Waals surface area contributed by atoms with E-state index < -0.39 is 24.0 Å². The Morgan fingerprint density at radius 3 is 2.29 bits per heavy atom. The van der Waals surface area contributed by atoms with Gasteiger partial charge in [-0.15, -0.1) is 0 Å². The second kappa shape index (κ2) is 12.1. The molecule has 164 valence electrons. The van der Waals surface area contributed by atoms with Crippen molar-refractivity contribution < 1.29 is 24.7 Å². The monoisotopic (exact) mass is 426 g/mol. The third-order valence-electron chi connectivity index (χ3n) is 4.04. The fourth-order valence-corrected chi connectivity index (χ4v) is 2.45. The Kier molecular flexibility index (Phi) is 9.88. The predicted octanol–water partition coefficient (Wildman–Crippen LogP) is 0.604. The van der Waals surface area contributed by atoms with E-state index in [0.717, 1.165) is 0 Å². The molecule has 9 nitrogen and oxygen atoms in total. The lowest BCUT2D eigenvalue weighted by molar-refractivity contribution is -0.133. The molecule has 0 aromatic heterocycles. The highest BCUT2D eigenvalue weighted by molar-refractivity contribution is 5.97. The summed E-state index contributed by atoms with van der Waals surface area (Å²) in [6.45, 7) is 1.17. The molecule has 0 unspecified atom stereocenters. The molecule has 0 aliphatic carbocycles. The number of anilines is 1. The van der Waals surface area contributed by atoms with Crippen molar-refractivity contribution in [3.05, 3.63) is 65.2 Å². The number of carbonyl (C=O) groups excluding carboxylic acids is 3. The first kappa shape index (κ1) is 25.3. The number of rotatable bonds is 6. The van der Waals surface area contributed by atoms with Gasteiger partial charge in [-0.25, -0.2) is 5.48 Å². The van der Waals surface area contributed by atoms with Crippen LogP contribution in [0.2, 0.25) is 0 Å². The largest absolute Gasteiger partial charge is 0.391 e. The molecule has 2 aromatic carbocycles. The van der Waals surface area contributed by atoms with Crippen molar-refractivity contribution in [3.63, 3.8) is 0 Å². The molecule has 0 fully saturated rings. The van der Waals surface area contributed by atoms with E-state index >= 15 is 0 Å². The Morgan fingerprint density at radius 1 is 1.06 bits per heavy atom. The number of carbonyl (C=O) groups is 3. The van der Waals surface area contributed by atoms with E-state index in [4.69, 9.17) is 10.9 Å². The van der Waals surface area contributed by atoms with Crippen molar-refractivity contribution >= 4 is 23.4 Å². The molecule has 31 heavy (non-hydrogen) atoms. The van der Waals surface area contributed by atoms with E-state index in [0.29, 0.717) is 16.8 Å². The quantitative estimate of drug-likeness (QED) is 0.226. The average Bonchev–Trinajstić information content (AvgIpc) is 2.76. The van der Waals surface area contributed by atoms with Crippen molar-refractivity contribution in [2.24, 2.45) is 5.73 Å². The number of nitrogens with two attached hydrogens (primary N) is 1. The minimum Gasteiger partial charge on any atom is -0.391 e. The molecule has 0 radical (unpaired) electrons. The van der Waals surface area contributed by atoms with E-state index in [-0.39, 0.29) is 25.4 Å². The van der Waals surface area contributed by atoms with Gasteiger partial charge in [0.1, 0.15) is 6.04 Å². The van der Waals surface area contributed by atoms with Gasteiger partial charge in [-0.3, -0.25) is 19.6 Å². The van der Waals surface area contributed by atoms with E-state index in [2.05, 4.69) is 22.5 Å². The molecule has 0 saturated heterocycles. The zero-order chi connectivity index (χ0) is 22.1. The van der Waals surface area contributed by atoms with Crippen LogP contribution in [0.25, 0.3) is 0 Å². The Bertz CT molecular complexity index is 977. The Morgan fingerprint density at radius 2 is 1.71 bits per heavy atom. The zero-order valence-corrected chi connectivity index (χ0v) is 16.2. The first-order valence-electron chi connectivity index (χ1n) is 8.99. The molecule has 2 rings (SSSR count). The van der Waals surface area contributed by atoms with Crippen LogP contribution in [0.4, 0.5) is 5.69 Å². The number of aliphatic hydroxyl groups is 1. The van der Waals surface area contributed by atoms with E-state index in [1.807, 2.05) is 0 Å². The summed E-state index contributed by atoms with van der Waals surface area (Å²) in [7, 11) is 0. The van der Waals surface area contributed by atoms with Gasteiger partial charge in [0.2, 0.25) is 5.91 Å². The molecule has 9 heteroatoms. The summed E-state index contributed by atoms with van der Waals surface area (Å²) in [5, 5.41) is 23.3. The van der Waals surface area contributed by atoms with Crippen LogP contribution >= 0.6 is 0 Å². The second-order valence-electron chi connectivity index (χ2n) is 6.29. The number of hydrogen-bond acceptors (Lipinski definition) is 6. The molecule has 0 bridgehead atoms. The molecule has 0 spiro atoms. The standard InChI is InChI=1S/C21H22N4O5.CH4/c1-13(26)19(21(29)25-30)24-20(28)16-10-7-14(8-11-16)6-9-15-4-2-3-5-17(15)23-18(27)12-22;/h2-5,7-8,10-11,13,19,26,30H,12,22H2,1H3,(H,23,27)(H,24,28)(H,25,29);1H4/t13-,19+;/m1./s1. The smallest absolute Gasteiger partial charge is 0.268 e. The Balaban J connectivity index is 0.00000480. The summed E-state index contributed by atoms with van der Waals surface area (Å²) in [6.07, 6.45) is -1.20. The van der Waals surface area contributed by atoms with Crippen LogP contribution in [-0.4, -0.2) is 46.7 Å². The number of hydroxylamine groups is 1. The van der Waals surface area contributed by atoms with Gasteiger partial charge in [0, 0.05) is 16.7 Å². The molecular weight excluding hydrogens is 400 g/mol. The molecule has 2 atom stereocenters. The van der Waals surface area contributed by atoms with Crippen molar-refractivity contribution in [2.45, 2.75) is 26.5 Å². The molecule has 0 aliphatic heterocycles. The maximum atomic E-state index is 12.3. The third kappa shape index (κ3) is 7.24. The van der Waals surface area contributed by atoms with E-state index in [9.17, 15) is 19.5 Å². The fourth-order valence-electron chi connectivity index (χ4n) is 2.45. The normalized spacial score (nSPS) is 11.6. The lowest BCUT2D eigenvalue weighted by Gasteiger charge is -2.19. The van der Waals surface area contributed by atoms with Crippen LogP contribution in [0.15, 0.2) is 48.5 Å². The second-order valence-corrected chi connectivity index (χ2v) is 6.29. The maximum absolute atomic E-state index is 12.3. The summed E-state index contributed by atoms with van der Waals surface area (Å²) in [5.74, 6) is 4.04. The average molecular weight is 426 g/mol. The van der Waals surface area contributed by atoms with Gasteiger partial charge in [0.05, 0.1) is 18.3 Å². The number of aliphatic hydroxyl groups excluding tert-OH is 1. The highest BCUT2D eigenvalue weighted by Crippen LogP contribution is 2.14. The summed E-state index contributed by atoms with van der Waals surface area (Å²) in [4.78, 5) is 35.3. The summed E-state index contributed by atoms with van der Waals surface area (Å²) < 4.78 is 0. The SMILES string of the molecule is C.C[C@@H](O)[C@H](NC(=O)c1ccc(C#Cc2ccccc2NC(=O)CN)cc1)C(=O)NO. The van der Waals surface area contributed by atoms with Gasteiger partial charge in [0.15, 0.2) is 0 Å². The van der Waals surface area contributed by atoms with Crippen LogP contribution in [-0.2, 0) is 9.59 Å². The van der Waals surface area contributed by atoms with Crippen LogP contribution in [0.5, 0.6) is 0 Å². The van der Waals surface area contributed by atoms with Crippen molar-refractivity contribution in [3.8, 4) is 11.8 Å². The molecule has 0 aliphatic rings. The molecule has 3 amide bonds. The summed E-state index contributed by atoms with van der Waals surface area (Å²) in [6, 6.07) is 12.0. The van der Waals surface area contributed by atoms with Crippen LogP contribution in [0, 0.1) is 11.8 Å². The molecular formula is C22H26N4O5. The Hall–Kier alpha value is -3.71. The van der Waals surface area contributed by atoms with Crippen LogP contribution < -0.4 is 21.8 Å². The number of benzene rings is 2. The molecule has 2 aromatic rings. The third-order valence-corrected chi connectivity index (χ3v) is 4.04. The first-order valence-corrected chi connectivity index (χ1v) is 8.99. The first-order chi connectivity index (χ1) is 14.3. The number of para-hydroxylation sites is 1. The van der Waals surface area contributed by atoms with Crippen molar-refractivity contribution in [1.82, 2.24) is 10.8 Å². The minimum atomic E-state index is -1.30. The lowest BCUT2D eigenvalue weighted by atomic mass is 10.1. The fraction of sp³-hybridized carbons (Fsp3) is 0.227.